The lowest BCUT2D eigenvalue weighted by Crippen LogP contribution is -2.45. The lowest BCUT2D eigenvalue weighted by Gasteiger charge is -2.39. The summed E-state index contributed by atoms with van der Waals surface area (Å²) in [4.78, 5) is 14.4. The van der Waals surface area contributed by atoms with E-state index >= 15 is 0 Å². The molecule has 2 saturated heterocycles. The highest BCUT2D eigenvalue weighted by Crippen LogP contribution is 2.39. The number of amides is 1. The zero-order chi connectivity index (χ0) is 20.1. The topological polar surface area (TPSA) is 54.7 Å². The summed E-state index contributed by atoms with van der Waals surface area (Å²) < 4.78 is 11.5. The zero-order valence-electron chi connectivity index (χ0n) is 16.5. The fraction of sp³-hybridized carbons (Fsp3) is 0.435. The number of rotatable bonds is 6. The van der Waals surface area contributed by atoms with E-state index < -0.39 is 0 Å². The van der Waals surface area contributed by atoms with Gasteiger partial charge in [0.2, 0.25) is 0 Å². The molecule has 0 saturated carbocycles. The normalized spacial score (nSPS) is 22.1. The fourth-order valence-electron chi connectivity index (χ4n) is 4.22. The van der Waals surface area contributed by atoms with Crippen LogP contribution in [0.25, 0.3) is 6.08 Å². The van der Waals surface area contributed by atoms with Crippen LogP contribution in [-0.2, 0) is 4.74 Å². The van der Waals surface area contributed by atoms with Crippen LogP contribution in [0.2, 0.25) is 0 Å². The Bertz CT molecular complexity index is 827. The highest BCUT2D eigenvalue weighted by molar-refractivity contribution is 6.31. The van der Waals surface area contributed by atoms with E-state index in [-0.39, 0.29) is 17.6 Å². The van der Waals surface area contributed by atoms with Crippen molar-refractivity contribution in [2.45, 2.75) is 37.4 Å². The fourth-order valence-corrected chi connectivity index (χ4v) is 4.51. The van der Waals surface area contributed by atoms with Gasteiger partial charge in [-0.2, -0.15) is 0 Å². The Morgan fingerprint density at radius 3 is 2.69 bits per heavy atom. The number of carbonyl (C=O) groups excluding carboxylic acids is 1. The summed E-state index contributed by atoms with van der Waals surface area (Å²) >= 11 is 6.48. The Hall–Kier alpha value is -2.08. The average molecular weight is 415 g/mol. The molecule has 29 heavy (non-hydrogen) atoms. The van der Waals surface area contributed by atoms with E-state index in [0.29, 0.717) is 12.3 Å². The number of halogens is 1. The Balaban J connectivity index is 1.22. The molecular formula is C23H27ClN2O3. The van der Waals surface area contributed by atoms with Gasteiger partial charge in [-0.15, -0.1) is 0 Å². The third kappa shape index (κ3) is 5.30. The third-order valence-electron chi connectivity index (χ3n) is 5.84. The van der Waals surface area contributed by atoms with E-state index in [2.05, 4.69) is 22.3 Å². The van der Waals surface area contributed by atoms with E-state index in [9.17, 15) is 4.79 Å². The molecule has 2 fully saturated rings. The Morgan fingerprint density at radius 1 is 1.17 bits per heavy atom. The molecule has 1 atom stereocenters. The number of hydrogen-bond donors (Lipinski definition) is 1. The Morgan fingerprint density at radius 2 is 1.97 bits per heavy atom. The number of benzene rings is 1. The monoisotopic (exact) mass is 414 g/mol. The number of hydrogen-bond acceptors (Lipinski definition) is 4. The van der Waals surface area contributed by atoms with Gasteiger partial charge in [-0.25, -0.2) is 0 Å². The van der Waals surface area contributed by atoms with Crippen molar-refractivity contribution in [1.29, 1.82) is 0 Å². The van der Waals surface area contributed by atoms with E-state index in [1.54, 1.807) is 12.1 Å². The number of nitrogens with one attached hydrogen (secondary N) is 1. The molecule has 1 aromatic heterocycles. The molecule has 1 amide bonds. The average Bonchev–Trinajstić information content (AvgIpc) is 3.40. The second kappa shape index (κ2) is 9.16. The maximum Gasteiger partial charge on any atom is 0.287 e. The van der Waals surface area contributed by atoms with Crippen LogP contribution in [0, 0.1) is 0 Å². The maximum absolute atomic E-state index is 12.0. The first-order valence-electron chi connectivity index (χ1n) is 10.2. The summed E-state index contributed by atoms with van der Waals surface area (Å²) in [7, 11) is 0. The van der Waals surface area contributed by atoms with Crippen LogP contribution in [0.3, 0.4) is 0 Å². The van der Waals surface area contributed by atoms with Crippen LogP contribution in [-0.4, -0.2) is 48.7 Å². The molecule has 0 radical (unpaired) electrons. The van der Waals surface area contributed by atoms with Crippen LogP contribution in [0.1, 0.15) is 41.8 Å². The molecule has 2 aliphatic heterocycles. The van der Waals surface area contributed by atoms with Crippen LogP contribution in [0.15, 0.2) is 58.2 Å². The van der Waals surface area contributed by atoms with Crippen LogP contribution >= 0.6 is 11.6 Å². The lowest BCUT2D eigenvalue weighted by atomic mass is 9.88. The summed E-state index contributed by atoms with van der Waals surface area (Å²) in [5.74, 6) is 0.153. The van der Waals surface area contributed by atoms with E-state index in [1.807, 2.05) is 24.3 Å². The molecule has 0 unspecified atom stereocenters. The second-order valence-electron chi connectivity index (χ2n) is 7.93. The highest BCUT2D eigenvalue weighted by atomic mass is 35.5. The molecule has 0 bridgehead atoms. The van der Waals surface area contributed by atoms with Gasteiger partial charge in [0.25, 0.3) is 5.91 Å². The SMILES string of the molecule is O=C(NC[C@@H]1CCC2(CCN(C/C(Cl)=C/c3ccccc3)CC2)O1)c1ccco1. The summed E-state index contributed by atoms with van der Waals surface area (Å²) in [6, 6.07) is 13.5. The predicted octanol–water partition coefficient (Wildman–Crippen LogP) is 4.30. The largest absolute Gasteiger partial charge is 0.459 e. The van der Waals surface area contributed by atoms with Crippen molar-refractivity contribution in [3.05, 3.63) is 65.1 Å². The van der Waals surface area contributed by atoms with E-state index in [1.165, 1.54) is 6.26 Å². The van der Waals surface area contributed by atoms with Crippen LogP contribution < -0.4 is 5.32 Å². The minimum atomic E-state index is -0.186. The number of ether oxygens (including phenoxy) is 1. The van der Waals surface area contributed by atoms with Crippen LogP contribution in [0.4, 0.5) is 0 Å². The van der Waals surface area contributed by atoms with Gasteiger partial charge in [0.1, 0.15) is 0 Å². The molecule has 6 heteroatoms. The van der Waals surface area contributed by atoms with Gasteiger partial charge in [-0.05, 0) is 49.5 Å². The van der Waals surface area contributed by atoms with Crippen molar-refractivity contribution in [3.63, 3.8) is 0 Å². The molecule has 5 nitrogen and oxygen atoms in total. The van der Waals surface area contributed by atoms with Crippen molar-refractivity contribution < 1.29 is 13.9 Å². The first-order chi connectivity index (χ1) is 14.1. The molecule has 2 aliphatic rings. The lowest BCUT2D eigenvalue weighted by molar-refractivity contribution is -0.0742. The van der Waals surface area contributed by atoms with Crippen molar-refractivity contribution in [1.82, 2.24) is 10.2 Å². The van der Waals surface area contributed by atoms with Crippen molar-refractivity contribution >= 4 is 23.6 Å². The van der Waals surface area contributed by atoms with Gasteiger partial charge in [0.05, 0.1) is 18.0 Å². The first-order valence-corrected chi connectivity index (χ1v) is 10.6. The van der Waals surface area contributed by atoms with Gasteiger partial charge >= 0.3 is 0 Å². The van der Waals surface area contributed by atoms with Crippen molar-refractivity contribution in [2.75, 3.05) is 26.2 Å². The summed E-state index contributed by atoms with van der Waals surface area (Å²) in [6.45, 7) is 3.25. The molecule has 154 valence electrons. The van der Waals surface area contributed by atoms with Gasteiger partial charge in [-0.1, -0.05) is 41.9 Å². The van der Waals surface area contributed by atoms with Crippen molar-refractivity contribution in [2.24, 2.45) is 0 Å². The summed E-state index contributed by atoms with van der Waals surface area (Å²) in [5.41, 5.74) is 1.08. The number of carbonyl (C=O) groups is 1. The molecule has 1 aromatic carbocycles. The van der Waals surface area contributed by atoms with Gasteiger partial charge in [0.15, 0.2) is 5.76 Å². The van der Waals surface area contributed by atoms with E-state index in [0.717, 1.165) is 55.9 Å². The zero-order valence-corrected chi connectivity index (χ0v) is 17.2. The molecule has 0 aliphatic carbocycles. The maximum atomic E-state index is 12.0. The van der Waals surface area contributed by atoms with E-state index in [4.69, 9.17) is 20.8 Å². The Labute approximate surface area is 176 Å². The quantitative estimate of drug-likeness (QED) is 0.765. The van der Waals surface area contributed by atoms with Crippen molar-refractivity contribution in [3.8, 4) is 0 Å². The number of piperidine rings is 1. The molecule has 4 rings (SSSR count). The highest BCUT2D eigenvalue weighted by Gasteiger charge is 2.42. The second-order valence-corrected chi connectivity index (χ2v) is 8.41. The molecule has 2 aromatic rings. The molecule has 3 heterocycles. The number of likely N-dealkylation sites (tertiary alicyclic amines) is 1. The summed E-state index contributed by atoms with van der Waals surface area (Å²) in [6.07, 6.45) is 7.65. The first kappa shape index (κ1) is 20.2. The van der Waals surface area contributed by atoms with Gasteiger partial charge in [-0.3, -0.25) is 9.69 Å². The minimum Gasteiger partial charge on any atom is -0.459 e. The van der Waals surface area contributed by atoms with Gasteiger partial charge < -0.3 is 14.5 Å². The minimum absolute atomic E-state index is 0.0494. The number of furan rings is 1. The molecular weight excluding hydrogens is 388 g/mol. The Kier molecular flexibility index (Phi) is 6.38. The van der Waals surface area contributed by atoms with Crippen LogP contribution in [0.5, 0.6) is 0 Å². The standard InChI is InChI=1S/C23H27ClN2O3/c24-19(15-18-5-2-1-3-6-18)17-26-12-10-23(11-13-26)9-8-20(29-23)16-25-22(27)21-7-4-14-28-21/h1-7,14-15,20H,8-13,16-17H2,(H,25,27)/b19-15-/t20-/m0/s1. The number of nitrogens with zero attached hydrogens (tertiary/aromatic N) is 1. The van der Waals surface area contributed by atoms with Gasteiger partial charge in [0, 0.05) is 31.2 Å². The smallest absolute Gasteiger partial charge is 0.287 e. The third-order valence-corrected chi connectivity index (χ3v) is 6.07. The summed E-state index contributed by atoms with van der Waals surface area (Å²) in [5, 5.41) is 3.77. The predicted molar refractivity (Wildman–Crippen MR) is 114 cm³/mol. The molecule has 1 N–H and O–H groups in total. The molecule has 1 spiro atoms.